The topological polar surface area (TPSA) is 57.5 Å². The normalized spacial score (nSPS) is 19.4. The van der Waals surface area contributed by atoms with E-state index in [2.05, 4.69) is 0 Å². The third-order valence-corrected chi connectivity index (χ3v) is 4.03. The highest BCUT2D eigenvalue weighted by atomic mass is 16.4. The van der Waals surface area contributed by atoms with E-state index in [1.807, 2.05) is 13.0 Å². The maximum absolute atomic E-state index is 11.1. The minimum Gasteiger partial charge on any atom is -0.508 e. The van der Waals surface area contributed by atoms with Crippen LogP contribution < -0.4 is 0 Å². The molecule has 3 heteroatoms. The fraction of sp³-hybridized carbons (Fsp3) is 0.500. The third kappa shape index (κ3) is 2.28. The summed E-state index contributed by atoms with van der Waals surface area (Å²) in [5, 5.41) is 18.6. The quantitative estimate of drug-likeness (QED) is 0.842. The van der Waals surface area contributed by atoms with Crippen molar-refractivity contribution in [2.45, 2.75) is 38.0 Å². The minimum absolute atomic E-state index is 0.126. The van der Waals surface area contributed by atoms with Crippen molar-refractivity contribution in [3.63, 3.8) is 0 Å². The van der Waals surface area contributed by atoms with Crippen LogP contribution in [0.1, 0.15) is 38.2 Å². The van der Waals surface area contributed by atoms with Gasteiger partial charge in [0.05, 0.1) is 6.42 Å². The van der Waals surface area contributed by atoms with Crippen molar-refractivity contribution in [3.05, 3.63) is 29.8 Å². The third-order valence-electron chi connectivity index (χ3n) is 4.03. The van der Waals surface area contributed by atoms with Crippen LogP contribution in [0.4, 0.5) is 0 Å². The van der Waals surface area contributed by atoms with Crippen LogP contribution in [-0.2, 0) is 10.2 Å². The lowest BCUT2D eigenvalue weighted by Gasteiger charge is -2.42. The monoisotopic (exact) mass is 234 g/mol. The molecule has 0 bridgehead atoms. The summed E-state index contributed by atoms with van der Waals surface area (Å²) in [6, 6.07) is 7.01. The lowest BCUT2D eigenvalue weighted by molar-refractivity contribution is -0.139. The van der Waals surface area contributed by atoms with E-state index in [0.717, 1.165) is 18.4 Å². The molecule has 17 heavy (non-hydrogen) atoms. The molecule has 1 atom stereocenters. The van der Waals surface area contributed by atoms with Crippen molar-refractivity contribution in [1.82, 2.24) is 0 Å². The molecule has 0 heterocycles. The first-order valence-corrected chi connectivity index (χ1v) is 6.03. The van der Waals surface area contributed by atoms with Gasteiger partial charge in [-0.3, -0.25) is 4.79 Å². The van der Waals surface area contributed by atoms with Gasteiger partial charge in [-0.15, -0.1) is 0 Å². The summed E-state index contributed by atoms with van der Waals surface area (Å²) in [5.74, 6) is -0.151. The van der Waals surface area contributed by atoms with Crippen molar-refractivity contribution in [2.24, 2.45) is 5.92 Å². The van der Waals surface area contributed by atoms with Crippen LogP contribution in [-0.4, -0.2) is 16.2 Å². The molecule has 0 radical (unpaired) electrons. The molecule has 1 saturated carbocycles. The molecule has 1 aliphatic carbocycles. The largest absolute Gasteiger partial charge is 0.508 e. The average molecular weight is 234 g/mol. The number of carboxylic acids is 1. The SMILES string of the molecule is C[C@](CC(=O)O)(c1cccc(O)c1)C1CCC1. The summed E-state index contributed by atoms with van der Waals surface area (Å²) in [6.07, 6.45) is 3.47. The standard InChI is InChI=1S/C14H18O3/c1-14(9-13(16)17,10-4-2-5-10)11-6-3-7-12(15)8-11/h3,6-8,10,15H,2,4-5,9H2,1H3,(H,16,17)/t14-/m1/s1. The fourth-order valence-corrected chi connectivity index (χ4v) is 2.70. The molecule has 1 aliphatic rings. The molecule has 0 aromatic heterocycles. The number of carboxylic acid groups (broad SMARTS) is 1. The Morgan fingerprint density at radius 2 is 2.18 bits per heavy atom. The Balaban J connectivity index is 2.34. The number of phenols is 1. The van der Waals surface area contributed by atoms with Gasteiger partial charge in [-0.1, -0.05) is 25.5 Å². The van der Waals surface area contributed by atoms with E-state index in [1.54, 1.807) is 18.2 Å². The van der Waals surface area contributed by atoms with E-state index in [4.69, 9.17) is 5.11 Å². The molecular weight excluding hydrogens is 216 g/mol. The molecule has 1 fully saturated rings. The Bertz CT molecular complexity index is 423. The highest BCUT2D eigenvalue weighted by molar-refractivity contribution is 5.69. The lowest BCUT2D eigenvalue weighted by atomic mass is 9.61. The molecule has 2 rings (SSSR count). The molecular formula is C14H18O3. The van der Waals surface area contributed by atoms with E-state index in [1.165, 1.54) is 6.42 Å². The zero-order valence-corrected chi connectivity index (χ0v) is 10.0. The number of aliphatic carboxylic acids is 1. The summed E-state index contributed by atoms with van der Waals surface area (Å²) in [6.45, 7) is 2.00. The van der Waals surface area contributed by atoms with Crippen LogP contribution in [0.25, 0.3) is 0 Å². The van der Waals surface area contributed by atoms with Gasteiger partial charge in [0.2, 0.25) is 0 Å². The van der Waals surface area contributed by atoms with Crippen molar-refractivity contribution in [2.75, 3.05) is 0 Å². The van der Waals surface area contributed by atoms with Crippen molar-refractivity contribution >= 4 is 5.97 Å². The zero-order valence-electron chi connectivity index (χ0n) is 10.0. The highest BCUT2D eigenvalue weighted by Gasteiger charge is 2.40. The number of phenolic OH excluding ortho intramolecular Hbond substituents is 1. The zero-order chi connectivity index (χ0) is 12.5. The molecule has 0 unspecified atom stereocenters. The first-order chi connectivity index (χ1) is 8.02. The van der Waals surface area contributed by atoms with Gasteiger partial charge in [-0.25, -0.2) is 0 Å². The van der Waals surface area contributed by atoms with E-state index in [0.29, 0.717) is 5.92 Å². The summed E-state index contributed by atoms with van der Waals surface area (Å²) < 4.78 is 0. The molecule has 2 N–H and O–H groups in total. The van der Waals surface area contributed by atoms with Crippen LogP contribution in [0.3, 0.4) is 0 Å². The molecule has 3 nitrogen and oxygen atoms in total. The van der Waals surface area contributed by atoms with Gasteiger partial charge in [0.1, 0.15) is 5.75 Å². The van der Waals surface area contributed by atoms with E-state index in [9.17, 15) is 9.90 Å². The Labute approximate surface area is 101 Å². The van der Waals surface area contributed by atoms with Crippen LogP contribution in [0.15, 0.2) is 24.3 Å². The molecule has 0 amide bonds. The van der Waals surface area contributed by atoms with Gasteiger partial charge in [-0.2, -0.15) is 0 Å². The van der Waals surface area contributed by atoms with E-state index < -0.39 is 5.97 Å². The molecule has 0 aliphatic heterocycles. The number of rotatable bonds is 4. The Morgan fingerprint density at radius 1 is 1.47 bits per heavy atom. The van der Waals surface area contributed by atoms with Crippen LogP contribution >= 0.6 is 0 Å². The second-order valence-corrected chi connectivity index (χ2v) is 5.17. The number of hydrogen-bond acceptors (Lipinski definition) is 2. The smallest absolute Gasteiger partial charge is 0.304 e. The van der Waals surface area contributed by atoms with Gasteiger partial charge in [0.25, 0.3) is 0 Å². The predicted octanol–water partition coefficient (Wildman–Crippen LogP) is 2.92. The fourth-order valence-electron chi connectivity index (χ4n) is 2.70. The predicted molar refractivity (Wildman–Crippen MR) is 65.1 cm³/mol. The second-order valence-electron chi connectivity index (χ2n) is 5.17. The minimum atomic E-state index is -0.775. The van der Waals surface area contributed by atoms with Crippen molar-refractivity contribution in [3.8, 4) is 5.75 Å². The lowest BCUT2D eigenvalue weighted by Crippen LogP contribution is -2.38. The van der Waals surface area contributed by atoms with E-state index >= 15 is 0 Å². The molecule has 0 spiro atoms. The Hall–Kier alpha value is -1.51. The van der Waals surface area contributed by atoms with Crippen molar-refractivity contribution in [1.29, 1.82) is 0 Å². The van der Waals surface area contributed by atoms with Crippen LogP contribution in [0.5, 0.6) is 5.75 Å². The molecule has 1 aromatic rings. The highest BCUT2D eigenvalue weighted by Crippen LogP contribution is 2.46. The first kappa shape index (κ1) is 12.0. The summed E-state index contributed by atoms with van der Waals surface area (Å²) in [5.41, 5.74) is 0.577. The summed E-state index contributed by atoms with van der Waals surface area (Å²) in [7, 11) is 0. The Kier molecular flexibility index (Phi) is 3.09. The summed E-state index contributed by atoms with van der Waals surface area (Å²) >= 11 is 0. The van der Waals surface area contributed by atoms with Crippen molar-refractivity contribution < 1.29 is 15.0 Å². The van der Waals surface area contributed by atoms with E-state index in [-0.39, 0.29) is 17.6 Å². The van der Waals surface area contributed by atoms with Gasteiger partial charge < -0.3 is 10.2 Å². The van der Waals surface area contributed by atoms with Gasteiger partial charge in [0.15, 0.2) is 0 Å². The molecule has 1 aromatic carbocycles. The van der Waals surface area contributed by atoms with Crippen LogP contribution in [0, 0.1) is 5.92 Å². The van der Waals surface area contributed by atoms with Gasteiger partial charge in [0, 0.05) is 5.41 Å². The maximum Gasteiger partial charge on any atom is 0.304 e. The number of carbonyl (C=O) groups is 1. The van der Waals surface area contributed by atoms with Gasteiger partial charge >= 0.3 is 5.97 Å². The number of aromatic hydroxyl groups is 1. The van der Waals surface area contributed by atoms with Crippen LogP contribution in [0.2, 0.25) is 0 Å². The number of benzene rings is 1. The summed E-state index contributed by atoms with van der Waals surface area (Å²) in [4.78, 5) is 11.1. The maximum atomic E-state index is 11.1. The second kappa shape index (κ2) is 4.40. The molecule has 0 saturated heterocycles. The Morgan fingerprint density at radius 3 is 2.65 bits per heavy atom. The molecule has 92 valence electrons. The average Bonchev–Trinajstić information content (AvgIpc) is 2.13. The number of hydrogen-bond donors (Lipinski definition) is 2. The van der Waals surface area contributed by atoms with Gasteiger partial charge in [-0.05, 0) is 36.5 Å². The first-order valence-electron chi connectivity index (χ1n) is 6.03.